The Morgan fingerprint density at radius 3 is 2.67 bits per heavy atom. The summed E-state index contributed by atoms with van der Waals surface area (Å²) in [4.78, 5) is 0. The maximum atomic E-state index is 12.2. The Morgan fingerprint density at radius 2 is 2.06 bits per heavy atom. The van der Waals surface area contributed by atoms with Crippen molar-refractivity contribution in [2.45, 2.75) is 17.7 Å². The van der Waals surface area contributed by atoms with Crippen LogP contribution in [-0.2, 0) is 10.0 Å². The molecule has 5 heteroatoms. The summed E-state index contributed by atoms with van der Waals surface area (Å²) in [6, 6.07) is 9.74. The van der Waals surface area contributed by atoms with Crippen LogP contribution in [-0.4, -0.2) is 36.3 Å². The molecule has 3 rings (SSSR count). The van der Waals surface area contributed by atoms with Crippen LogP contribution in [0.2, 0.25) is 0 Å². The minimum atomic E-state index is -3.25. The lowest BCUT2D eigenvalue weighted by molar-refractivity contribution is 0.416. The molecule has 2 fully saturated rings. The monoisotopic (exact) mass is 281 g/mol. The minimum absolute atomic E-state index is 0.213. The molecule has 0 saturated carbocycles. The zero-order valence-electron chi connectivity index (χ0n) is 9.90. The van der Waals surface area contributed by atoms with Crippen LogP contribution < -0.4 is 0 Å². The number of rotatable bonds is 3. The van der Waals surface area contributed by atoms with Gasteiger partial charge in [0.15, 0.2) is 0 Å². The molecule has 0 aliphatic carbocycles. The average Bonchev–Trinajstić information content (AvgIpc) is 3.00. The molecule has 2 aliphatic heterocycles. The van der Waals surface area contributed by atoms with Gasteiger partial charge in [0.1, 0.15) is 0 Å². The van der Waals surface area contributed by atoms with Crippen LogP contribution in [0.3, 0.4) is 0 Å². The Kier molecular flexibility index (Phi) is 3.21. The highest BCUT2D eigenvalue weighted by molar-refractivity contribution is 8.00. The second-order valence-electron chi connectivity index (χ2n) is 4.67. The smallest absolute Gasteiger partial charge is 0.207 e. The summed E-state index contributed by atoms with van der Waals surface area (Å²) in [5.41, 5.74) is 0.916. The highest BCUT2D eigenvalue weighted by Crippen LogP contribution is 2.39. The van der Waals surface area contributed by atoms with Gasteiger partial charge in [-0.1, -0.05) is 30.3 Å². The topological polar surface area (TPSA) is 37.4 Å². The highest BCUT2D eigenvalue weighted by atomic mass is 32.2. The van der Waals surface area contributed by atoms with E-state index in [1.165, 1.54) is 5.41 Å². The molecule has 0 aromatic heterocycles. The van der Waals surface area contributed by atoms with Gasteiger partial charge in [-0.25, -0.2) is 8.42 Å². The summed E-state index contributed by atoms with van der Waals surface area (Å²) in [5, 5.41) is 1.85. The third-order valence-corrected chi connectivity index (χ3v) is 6.38. The van der Waals surface area contributed by atoms with E-state index in [1.807, 2.05) is 42.1 Å². The standard InChI is InChI=1S/C13H15NO2S2/c15-18(16,7-6-11-4-2-1-3-5-11)14-9-13-8-12(14)10-17-13/h1-7,12-13H,8-10H2. The zero-order valence-corrected chi connectivity index (χ0v) is 11.5. The summed E-state index contributed by atoms with van der Waals surface area (Å²) in [7, 11) is -3.25. The number of hydrogen-bond donors (Lipinski definition) is 0. The Labute approximate surface area is 112 Å². The molecule has 2 atom stereocenters. The summed E-state index contributed by atoms with van der Waals surface area (Å²) >= 11 is 1.90. The fourth-order valence-corrected chi connectivity index (χ4v) is 5.56. The van der Waals surface area contributed by atoms with Gasteiger partial charge < -0.3 is 0 Å². The van der Waals surface area contributed by atoms with E-state index < -0.39 is 10.0 Å². The largest absolute Gasteiger partial charge is 0.236 e. The molecule has 2 heterocycles. The highest BCUT2D eigenvalue weighted by Gasteiger charge is 2.43. The van der Waals surface area contributed by atoms with Crippen molar-refractivity contribution in [1.29, 1.82) is 0 Å². The first-order valence-electron chi connectivity index (χ1n) is 6.02. The predicted octanol–water partition coefficient (Wildman–Crippen LogP) is 2.18. The molecule has 2 saturated heterocycles. The molecule has 0 N–H and O–H groups in total. The number of nitrogens with zero attached hydrogens (tertiary/aromatic N) is 1. The first-order chi connectivity index (χ1) is 8.65. The molecular weight excluding hydrogens is 266 g/mol. The van der Waals surface area contributed by atoms with Crippen molar-refractivity contribution in [3.63, 3.8) is 0 Å². The molecule has 96 valence electrons. The Bertz CT molecular complexity index is 554. The van der Waals surface area contributed by atoms with Crippen LogP contribution in [0.4, 0.5) is 0 Å². The van der Waals surface area contributed by atoms with Crippen LogP contribution in [0.5, 0.6) is 0 Å². The second kappa shape index (κ2) is 4.72. The molecule has 0 amide bonds. The van der Waals surface area contributed by atoms with Gasteiger partial charge in [0, 0.05) is 29.0 Å². The van der Waals surface area contributed by atoms with Gasteiger partial charge in [0.25, 0.3) is 0 Å². The molecule has 2 bridgehead atoms. The van der Waals surface area contributed by atoms with E-state index in [2.05, 4.69) is 0 Å². The molecule has 0 radical (unpaired) electrons. The second-order valence-corrected chi connectivity index (χ2v) is 7.78. The van der Waals surface area contributed by atoms with Gasteiger partial charge in [-0.3, -0.25) is 0 Å². The summed E-state index contributed by atoms with van der Waals surface area (Å²) in [6.07, 6.45) is 2.69. The van der Waals surface area contributed by atoms with E-state index in [0.29, 0.717) is 11.8 Å². The summed E-state index contributed by atoms with van der Waals surface area (Å²) in [6.45, 7) is 0.677. The Balaban J connectivity index is 1.78. The van der Waals surface area contributed by atoms with Crippen molar-refractivity contribution in [3.05, 3.63) is 41.3 Å². The average molecular weight is 281 g/mol. The lowest BCUT2D eigenvalue weighted by atomic mass is 10.2. The maximum absolute atomic E-state index is 12.2. The third-order valence-electron chi connectivity index (χ3n) is 3.41. The van der Waals surface area contributed by atoms with Crippen molar-refractivity contribution in [1.82, 2.24) is 4.31 Å². The van der Waals surface area contributed by atoms with Crippen molar-refractivity contribution in [2.75, 3.05) is 12.3 Å². The van der Waals surface area contributed by atoms with Crippen LogP contribution in [0.1, 0.15) is 12.0 Å². The lowest BCUT2D eigenvalue weighted by Gasteiger charge is -2.24. The van der Waals surface area contributed by atoms with Crippen molar-refractivity contribution >= 4 is 27.9 Å². The van der Waals surface area contributed by atoms with E-state index in [9.17, 15) is 8.42 Å². The van der Waals surface area contributed by atoms with Crippen molar-refractivity contribution in [2.24, 2.45) is 0 Å². The minimum Gasteiger partial charge on any atom is -0.207 e. The van der Waals surface area contributed by atoms with Crippen LogP contribution in [0.15, 0.2) is 35.7 Å². The SMILES string of the molecule is O=S(=O)(C=Cc1ccccc1)N1CC2CC1CS2. The number of thioether (sulfide) groups is 1. The Morgan fingerprint density at radius 1 is 1.28 bits per heavy atom. The van der Waals surface area contributed by atoms with Crippen LogP contribution >= 0.6 is 11.8 Å². The van der Waals surface area contributed by atoms with Crippen LogP contribution in [0, 0.1) is 0 Å². The van der Waals surface area contributed by atoms with Gasteiger partial charge in [0.05, 0.1) is 0 Å². The molecule has 1 aromatic carbocycles. The fraction of sp³-hybridized carbons (Fsp3) is 0.385. The van der Waals surface area contributed by atoms with Gasteiger partial charge in [-0.05, 0) is 18.1 Å². The maximum Gasteiger partial charge on any atom is 0.236 e. The molecule has 18 heavy (non-hydrogen) atoms. The normalized spacial score (nSPS) is 28.2. The quantitative estimate of drug-likeness (QED) is 0.852. The van der Waals surface area contributed by atoms with E-state index in [-0.39, 0.29) is 6.04 Å². The summed E-state index contributed by atoms with van der Waals surface area (Å²) in [5.74, 6) is 0.947. The predicted molar refractivity (Wildman–Crippen MR) is 75.8 cm³/mol. The number of fused-ring (bicyclic) bond motifs is 2. The first kappa shape index (κ1) is 12.3. The zero-order chi connectivity index (χ0) is 12.6. The van der Waals surface area contributed by atoms with E-state index in [1.54, 1.807) is 10.4 Å². The van der Waals surface area contributed by atoms with E-state index in [0.717, 1.165) is 17.7 Å². The first-order valence-corrected chi connectivity index (χ1v) is 8.57. The number of sulfonamides is 1. The number of benzene rings is 1. The summed E-state index contributed by atoms with van der Waals surface area (Å²) < 4.78 is 26.1. The van der Waals surface area contributed by atoms with Crippen molar-refractivity contribution in [3.8, 4) is 0 Å². The van der Waals surface area contributed by atoms with Gasteiger partial charge in [0.2, 0.25) is 10.0 Å². The van der Waals surface area contributed by atoms with E-state index in [4.69, 9.17) is 0 Å². The molecule has 1 aromatic rings. The number of hydrogen-bond acceptors (Lipinski definition) is 3. The lowest BCUT2D eigenvalue weighted by Crippen LogP contribution is -2.37. The third kappa shape index (κ3) is 2.35. The van der Waals surface area contributed by atoms with Gasteiger partial charge >= 0.3 is 0 Å². The van der Waals surface area contributed by atoms with Gasteiger partial charge in [-0.15, -0.1) is 0 Å². The molecule has 2 aliphatic rings. The van der Waals surface area contributed by atoms with Gasteiger partial charge in [-0.2, -0.15) is 16.1 Å². The van der Waals surface area contributed by atoms with Crippen molar-refractivity contribution < 1.29 is 8.42 Å². The molecule has 2 unspecified atom stereocenters. The van der Waals surface area contributed by atoms with Crippen LogP contribution in [0.25, 0.3) is 6.08 Å². The fourth-order valence-electron chi connectivity index (χ4n) is 2.48. The molecular formula is C13H15NO2S2. The Hall–Kier alpha value is -0.780. The molecule has 3 nitrogen and oxygen atoms in total. The molecule has 0 spiro atoms. The van der Waals surface area contributed by atoms with E-state index >= 15 is 0 Å².